The van der Waals surface area contributed by atoms with E-state index in [4.69, 9.17) is 0 Å². The van der Waals surface area contributed by atoms with Crippen molar-refractivity contribution in [1.29, 1.82) is 0 Å². The van der Waals surface area contributed by atoms with Crippen LogP contribution in [0.5, 0.6) is 0 Å². The van der Waals surface area contributed by atoms with Crippen molar-refractivity contribution in [2.24, 2.45) is 0 Å². The molecule has 1 aliphatic carbocycles. The molecule has 262 valence electrons. The quantitative estimate of drug-likeness (QED) is 0.139. The normalized spacial score (nSPS) is 14.5. The Bertz CT molecular complexity index is 2870. The Kier molecular flexibility index (Phi) is 8.16. The predicted octanol–water partition coefficient (Wildman–Crippen LogP) is 9.74. The van der Waals surface area contributed by atoms with Gasteiger partial charge in [-0.3, -0.25) is 0 Å². The van der Waals surface area contributed by atoms with E-state index in [-0.39, 0.29) is 5.66 Å². The third kappa shape index (κ3) is 5.12. The van der Waals surface area contributed by atoms with E-state index in [1.54, 1.807) is 0 Å². The number of fused-ring (bicyclic) bond motifs is 6. The van der Waals surface area contributed by atoms with Gasteiger partial charge in [0, 0.05) is 0 Å². The first kappa shape index (κ1) is 32.7. The Labute approximate surface area is 317 Å². The van der Waals surface area contributed by atoms with Gasteiger partial charge < -0.3 is 0 Å². The van der Waals surface area contributed by atoms with Crippen LogP contribution in [0.4, 0.5) is 0 Å². The van der Waals surface area contributed by atoms with Crippen LogP contribution >= 0.6 is 7.26 Å². The summed E-state index contributed by atoms with van der Waals surface area (Å²) >= 11 is 0. The molecule has 0 fully saturated rings. The molecular weight excluding hydrogens is 672 g/mol. The molecule has 0 aliphatic heterocycles. The number of hydrogen-bond acceptors (Lipinski definition) is 0. The molecule has 54 heavy (non-hydrogen) atoms. The van der Waals surface area contributed by atoms with Crippen molar-refractivity contribution >= 4 is 68.0 Å². The van der Waals surface area contributed by atoms with Gasteiger partial charge >= 0.3 is 319 Å². The molecule has 10 rings (SSSR count). The van der Waals surface area contributed by atoms with Crippen LogP contribution in [0.3, 0.4) is 0 Å². The van der Waals surface area contributed by atoms with Crippen molar-refractivity contribution in [3.05, 3.63) is 198 Å². The van der Waals surface area contributed by atoms with E-state index < -0.39 is 7.26 Å². The second-order valence-electron chi connectivity index (χ2n) is 14.7. The van der Waals surface area contributed by atoms with Crippen LogP contribution in [-0.4, -0.2) is 14.8 Å². The Morgan fingerprint density at radius 2 is 1.09 bits per heavy atom. The molecule has 3 heteroatoms. The van der Waals surface area contributed by atoms with E-state index in [1.165, 1.54) is 76.1 Å². The van der Waals surface area contributed by atoms with E-state index in [2.05, 4.69) is 210 Å². The zero-order chi connectivity index (χ0) is 36.1. The zero-order valence-electron chi connectivity index (χ0n) is 30.6. The van der Waals surface area contributed by atoms with Crippen molar-refractivity contribution in [2.45, 2.75) is 31.8 Å². The fourth-order valence-electron chi connectivity index (χ4n) is 9.48. The third-order valence-corrected chi connectivity index (χ3v) is 17.0. The van der Waals surface area contributed by atoms with Gasteiger partial charge in [0.1, 0.15) is 0 Å². The van der Waals surface area contributed by atoms with E-state index >= 15 is 0 Å². The summed E-state index contributed by atoms with van der Waals surface area (Å²) in [4.78, 5) is 0. The van der Waals surface area contributed by atoms with Crippen LogP contribution in [0.1, 0.15) is 25.3 Å². The Morgan fingerprint density at radius 3 is 1.76 bits per heavy atom. The summed E-state index contributed by atoms with van der Waals surface area (Å²) in [6.45, 7) is 2.27. The maximum absolute atomic E-state index is 2.75. The van der Waals surface area contributed by atoms with Gasteiger partial charge in [-0.05, 0) is 0 Å². The van der Waals surface area contributed by atoms with Crippen LogP contribution in [0.15, 0.2) is 182 Å². The Morgan fingerprint density at radius 1 is 0.500 bits per heavy atom. The topological polar surface area (TPSA) is 9.86 Å². The fourth-order valence-corrected chi connectivity index (χ4v) is 14.8. The summed E-state index contributed by atoms with van der Waals surface area (Å²) in [7, 11) is -2.75. The minimum absolute atomic E-state index is 0.279. The summed E-state index contributed by atoms with van der Waals surface area (Å²) in [5.74, 6) is 0. The SMILES string of the molecule is CCCc1ccc2c3cc([PH](c4ccccc4)(c4ccccc4)C4C=c5c(n(-c6ccccc6)c6ccccc56)=CC4)ccc3n(-c3ccccc3)c2c1. The number of para-hydroxylation sites is 3. The van der Waals surface area contributed by atoms with Crippen LogP contribution in [0.25, 0.3) is 56.2 Å². The average Bonchev–Trinajstić information content (AvgIpc) is 3.75. The van der Waals surface area contributed by atoms with Gasteiger partial charge in [-0.15, -0.1) is 0 Å². The maximum atomic E-state index is 2.66. The molecule has 2 nitrogen and oxygen atoms in total. The molecule has 1 unspecified atom stereocenters. The average molecular weight is 715 g/mol. The fraction of sp³-hybridized carbons (Fsp3) is 0.0980. The van der Waals surface area contributed by atoms with Gasteiger partial charge in [-0.25, -0.2) is 0 Å². The first-order valence-electron chi connectivity index (χ1n) is 19.4. The number of aryl methyl sites for hydroxylation is 1. The minimum atomic E-state index is -2.75. The van der Waals surface area contributed by atoms with Crippen LogP contribution in [-0.2, 0) is 6.42 Å². The molecule has 0 N–H and O–H groups in total. The molecule has 0 radical (unpaired) electrons. The third-order valence-electron chi connectivity index (χ3n) is 11.8. The molecule has 2 heterocycles. The molecule has 7 aromatic carbocycles. The van der Waals surface area contributed by atoms with Crippen molar-refractivity contribution in [2.75, 3.05) is 0 Å². The first-order valence-corrected chi connectivity index (χ1v) is 21.4. The van der Waals surface area contributed by atoms with Gasteiger partial charge in [-0.2, -0.15) is 0 Å². The molecule has 0 saturated carbocycles. The number of nitrogens with zero attached hydrogens (tertiary/aromatic N) is 2. The van der Waals surface area contributed by atoms with Gasteiger partial charge in [0.05, 0.1) is 0 Å². The second kappa shape index (κ2) is 13.5. The summed E-state index contributed by atoms with van der Waals surface area (Å²) < 4.78 is 4.94. The van der Waals surface area contributed by atoms with Crippen molar-refractivity contribution in [3.63, 3.8) is 0 Å². The van der Waals surface area contributed by atoms with Crippen molar-refractivity contribution in [1.82, 2.24) is 9.13 Å². The van der Waals surface area contributed by atoms with Gasteiger partial charge in [-0.1, -0.05) is 0 Å². The molecule has 2 aromatic heterocycles. The second-order valence-corrected chi connectivity index (χ2v) is 18.8. The molecule has 1 atom stereocenters. The molecule has 0 bridgehead atoms. The zero-order valence-corrected chi connectivity index (χ0v) is 31.6. The predicted molar refractivity (Wildman–Crippen MR) is 235 cm³/mol. The Hall–Kier alpha value is -5.95. The van der Waals surface area contributed by atoms with E-state index in [9.17, 15) is 0 Å². The molecule has 9 aromatic rings. The van der Waals surface area contributed by atoms with Crippen molar-refractivity contribution in [3.8, 4) is 11.4 Å². The van der Waals surface area contributed by atoms with Gasteiger partial charge in [0.15, 0.2) is 0 Å². The van der Waals surface area contributed by atoms with E-state index in [0.717, 1.165) is 19.3 Å². The molecule has 0 spiro atoms. The van der Waals surface area contributed by atoms with E-state index in [1.807, 2.05) is 0 Å². The van der Waals surface area contributed by atoms with Crippen molar-refractivity contribution < 1.29 is 0 Å². The number of benzene rings is 7. The Balaban J connectivity index is 1.29. The van der Waals surface area contributed by atoms with E-state index in [0.29, 0.717) is 0 Å². The summed E-state index contributed by atoms with van der Waals surface area (Å²) in [6.07, 6.45) is 8.36. The number of rotatable bonds is 8. The monoisotopic (exact) mass is 714 g/mol. The van der Waals surface area contributed by atoms with Crippen LogP contribution in [0, 0.1) is 0 Å². The van der Waals surface area contributed by atoms with Gasteiger partial charge in [0.2, 0.25) is 0 Å². The summed E-state index contributed by atoms with van der Waals surface area (Å²) in [5, 5.41) is 10.9. The summed E-state index contributed by atoms with van der Waals surface area (Å²) in [6, 6.07) is 68.3. The molecule has 1 aliphatic rings. The molecule has 0 amide bonds. The molecular formula is C51H43N2P. The van der Waals surface area contributed by atoms with Gasteiger partial charge in [0.25, 0.3) is 0 Å². The van der Waals surface area contributed by atoms with Crippen LogP contribution < -0.4 is 26.5 Å². The molecule has 0 saturated heterocycles. The standard InChI is InChI=1S/C51H43N2P/c1-2-17-37-28-31-45-47-36-43(30-33-50(47)53(51(45)34-37)39-20-9-4-10-21-39)54(40-22-11-5-12-23-40,41-24-13-6-14-25-41)42-29-32-49-46(35-42)44-26-15-16-27-48(44)52(49)38-18-7-3-8-19-38/h3-16,18-28,30-36,42,54H,2,17,29H2,1H3. The number of hydrogen-bond donors (Lipinski definition) is 0. The summed E-state index contributed by atoms with van der Waals surface area (Å²) in [5.41, 5.74) is 7.86. The van der Waals surface area contributed by atoms with Crippen LogP contribution in [0.2, 0.25) is 0 Å². The number of aromatic nitrogens is 2. The first-order chi connectivity index (χ1) is 26.8.